The van der Waals surface area contributed by atoms with Crippen LogP contribution in [0.4, 0.5) is 0 Å². The molecule has 98 valence electrons. The maximum absolute atomic E-state index is 8.84. The normalized spacial score (nSPS) is 17.6. The van der Waals surface area contributed by atoms with E-state index in [-0.39, 0.29) is 6.04 Å². The highest BCUT2D eigenvalue weighted by atomic mass is 32.1. The van der Waals surface area contributed by atoms with Crippen molar-refractivity contribution in [3.63, 3.8) is 0 Å². The van der Waals surface area contributed by atoms with E-state index in [1.165, 1.54) is 0 Å². The first-order valence-electron chi connectivity index (χ1n) is 6.09. The van der Waals surface area contributed by atoms with Crippen LogP contribution in [0.1, 0.15) is 22.0 Å². The van der Waals surface area contributed by atoms with Gasteiger partial charge in [0, 0.05) is 0 Å². The van der Waals surface area contributed by atoms with E-state index in [0.29, 0.717) is 10.7 Å². The Morgan fingerprint density at radius 3 is 2.65 bits per heavy atom. The SMILES string of the molecule is N#Cc1ccc(C2C=C(c3cccs3)NC(=S)N2)cc1. The number of hydrogen-bond donors (Lipinski definition) is 2. The fourth-order valence-corrected chi connectivity index (χ4v) is 3.01. The van der Waals surface area contributed by atoms with Crippen LogP contribution in [0.15, 0.2) is 47.9 Å². The third-order valence-electron chi connectivity index (χ3n) is 3.05. The van der Waals surface area contributed by atoms with Crippen molar-refractivity contribution in [1.29, 1.82) is 5.26 Å². The van der Waals surface area contributed by atoms with Crippen LogP contribution in [0.2, 0.25) is 0 Å². The molecule has 0 spiro atoms. The lowest BCUT2D eigenvalue weighted by Crippen LogP contribution is -2.40. The molecule has 5 heteroatoms. The van der Waals surface area contributed by atoms with E-state index in [1.54, 1.807) is 11.3 Å². The lowest BCUT2D eigenvalue weighted by atomic mass is 10.0. The van der Waals surface area contributed by atoms with E-state index in [1.807, 2.05) is 35.7 Å². The second-order valence-electron chi connectivity index (χ2n) is 4.37. The van der Waals surface area contributed by atoms with Gasteiger partial charge in [-0.25, -0.2) is 0 Å². The fraction of sp³-hybridized carbons (Fsp3) is 0.0667. The van der Waals surface area contributed by atoms with Crippen molar-refractivity contribution in [3.05, 3.63) is 63.9 Å². The number of thiophene rings is 1. The van der Waals surface area contributed by atoms with Crippen molar-refractivity contribution >= 4 is 34.4 Å². The van der Waals surface area contributed by atoms with E-state index in [0.717, 1.165) is 16.1 Å². The molecular weight excluding hydrogens is 286 g/mol. The second-order valence-corrected chi connectivity index (χ2v) is 5.72. The standard InChI is InChI=1S/C15H11N3S2/c16-9-10-3-5-11(6-4-10)12-8-13(18-15(19)17-12)14-2-1-7-20-14/h1-8,12H,(H2,17,18,19). The van der Waals surface area contributed by atoms with Crippen molar-refractivity contribution in [1.82, 2.24) is 10.6 Å². The van der Waals surface area contributed by atoms with Gasteiger partial charge in [-0.05, 0) is 47.4 Å². The summed E-state index contributed by atoms with van der Waals surface area (Å²) in [6.07, 6.45) is 2.11. The van der Waals surface area contributed by atoms with Crippen LogP contribution >= 0.6 is 23.6 Å². The molecule has 0 saturated carbocycles. The molecule has 1 atom stereocenters. The third kappa shape index (κ3) is 2.57. The summed E-state index contributed by atoms with van der Waals surface area (Å²) in [4.78, 5) is 1.16. The predicted molar refractivity (Wildman–Crippen MR) is 85.1 cm³/mol. The highest BCUT2D eigenvalue weighted by molar-refractivity contribution is 7.80. The van der Waals surface area contributed by atoms with Gasteiger partial charge in [0.2, 0.25) is 0 Å². The highest BCUT2D eigenvalue weighted by Gasteiger charge is 2.18. The van der Waals surface area contributed by atoms with Crippen LogP contribution in [0.3, 0.4) is 0 Å². The van der Waals surface area contributed by atoms with Gasteiger partial charge in [-0.15, -0.1) is 11.3 Å². The molecule has 0 amide bonds. The minimum Gasteiger partial charge on any atom is -0.352 e. The molecule has 20 heavy (non-hydrogen) atoms. The van der Waals surface area contributed by atoms with Crippen molar-refractivity contribution < 1.29 is 0 Å². The Hall–Kier alpha value is -2.16. The summed E-state index contributed by atoms with van der Waals surface area (Å²) in [5, 5.41) is 17.9. The first-order valence-corrected chi connectivity index (χ1v) is 7.38. The maximum atomic E-state index is 8.84. The molecule has 0 aliphatic carbocycles. The predicted octanol–water partition coefficient (Wildman–Crippen LogP) is 3.18. The maximum Gasteiger partial charge on any atom is 0.171 e. The molecule has 0 radical (unpaired) electrons. The second kappa shape index (κ2) is 5.45. The van der Waals surface area contributed by atoms with Gasteiger partial charge in [-0.2, -0.15) is 5.26 Å². The first-order chi connectivity index (χ1) is 9.76. The first kappa shape index (κ1) is 12.9. The summed E-state index contributed by atoms with van der Waals surface area (Å²) in [5.41, 5.74) is 2.77. The van der Waals surface area contributed by atoms with E-state index < -0.39 is 0 Å². The summed E-state index contributed by atoms with van der Waals surface area (Å²) in [6.45, 7) is 0. The lowest BCUT2D eigenvalue weighted by Gasteiger charge is -2.25. The Morgan fingerprint density at radius 2 is 2.00 bits per heavy atom. The number of benzene rings is 1. The average Bonchev–Trinajstić information content (AvgIpc) is 3.01. The number of nitriles is 1. The largest absolute Gasteiger partial charge is 0.352 e. The third-order valence-corrected chi connectivity index (χ3v) is 4.18. The van der Waals surface area contributed by atoms with E-state index in [9.17, 15) is 0 Å². The van der Waals surface area contributed by atoms with Gasteiger partial charge in [-0.1, -0.05) is 18.2 Å². The van der Waals surface area contributed by atoms with Crippen LogP contribution < -0.4 is 10.6 Å². The molecular formula is C15H11N3S2. The number of nitrogens with one attached hydrogen (secondary N) is 2. The Balaban J connectivity index is 1.94. The molecule has 3 rings (SSSR count). The van der Waals surface area contributed by atoms with Crippen LogP contribution in [0, 0.1) is 11.3 Å². The minimum absolute atomic E-state index is 0.0218. The molecule has 2 heterocycles. The Labute approximate surface area is 126 Å². The van der Waals surface area contributed by atoms with Crippen LogP contribution in [0.5, 0.6) is 0 Å². The van der Waals surface area contributed by atoms with Crippen molar-refractivity contribution in [2.75, 3.05) is 0 Å². The molecule has 2 aromatic rings. The number of hydrogen-bond acceptors (Lipinski definition) is 3. The number of nitrogens with zero attached hydrogens (tertiary/aromatic N) is 1. The zero-order valence-corrected chi connectivity index (χ0v) is 12.1. The summed E-state index contributed by atoms with van der Waals surface area (Å²) in [6, 6.07) is 13.8. The molecule has 1 aliphatic heterocycles. The molecule has 1 aromatic heterocycles. The molecule has 1 unspecified atom stereocenters. The zero-order chi connectivity index (χ0) is 13.9. The topological polar surface area (TPSA) is 47.9 Å². The molecule has 0 bridgehead atoms. The fourth-order valence-electron chi connectivity index (χ4n) is 2.07. The van der Waals surface area contributed by atoms with Crippen LogP contribution in [0.25, 0.3) is 5.70 Å². The Kier molecular flexibility index (Phi) is 3.50. The van der Waals surface area contributed by atoms with Gasteiger partial charge in [0.05, 0.1) is 28.2 Å². The molecule has 0 saturated heterocycles. The zero-order valence-electron chi connectivity index (χ0n) is 10.5. The summed E-state index contributed by atoms with van der Waals surface area (Å²) >= 11 is 6.95. The lowest BCUT2D eigenvalue weighted by molar-refractivity contribution is 0.766. The van der Waals surface area contributed by atoms with Gasteiger partial charge < -0.3 is 10.6 Å². The van der Waals surface area contributed by atoms with E-state index >= 15 is 0 Å². The monoisotopic (exact) mass is 297 g/mol. The van der Waals surface area contributed by atoms with Gasteiger partial charge in [0.25, 0.3) is 0 Å². The number of rotatable bonds is 2. The average molecular weight is 297 g/mol. The summed E-state index contributed by atoms with van der Waals surface area (Å²) in [5.74, 6) is 0. The quantitative estimate of drug-likeness (QED) is 0.836. The summed E-state index contributed by atoms with van der Waals surface area (Å²) in [7, 11) is 0. The Bertz CT molecular complexity index is 694. The molecule has 1 aliphatic rings. The summed E-state index contributed by atoms with van der Waals surface area (Å²) < 4.78 is 0. The van der Waals surface area contributed by atoms with Crippen molar-refractivity contribution in [2.45, 2.75) is 6.04 Å². The molecule has 1 aromatic carbocycles. The molecule has 2 N–H and O–H groups in total. The number of thiocarbonyl (C=S) groups is 1. The van der Waals surface area contributed by atoms with Crippen molar-refractivity contribution in [3.8, 4) is 6.07 Å². The molecule has 3 nitrogen and oxygen atoms in total. The minimum atomic E-state index is 0.0218. The van der Waals surface area contributed by atoms with Gasteiger partial charge in [0.1, 0.15) is 0 Å². The van der Waals surface area contributed by atoms with Crippen LogP contribution in [-0.4, -0.2) is 5.11 Å². The van der Waals surface area contributed by atoms with Crippen LogP contribution in [-0.2, 0) is 0 Å². The Morgan fingerprint density at radius 1 is 1.20 bits per heavy atom. The van der Waals surface area contributed by atoms with Crippen molar-refractivity contribution in [2.24, 2.45) is 0 Å². The van der Waals surface area contributed by atoms with E-state index in [2.05, 4.69) is 28.8 Å². The van der Waals surface area contributed by atoms with Gasteiger partial charge >= 0.3 is 0 Å². The molecule has 0 fully saturated rings. The highest BCUT2D eigenvalue weighted by Crippen LogP contribution is 2.25. The van der Waals surface area contributed by atoms with Gasteiger partial charge in [-0.3, -0.25) is 0 Å². The van der Waals surface area contributed by atoms with E-state index in [4.69, 9.17) is 17.5 Å². The van der Waals surface area contributed by atoms with Gasteiger partial charge in [0.15, 0.2) is 5.11 Å². The smallest absolute Gasteiger partial charge is 0.171 e.